The fraction of sp³-hybridized carbons (Fsp3) is 0.615. The van der Waals surface area contributed by atoms with Gasteiger partial charge in [-0.25, -0.2) is 4.68 Å². The largest absolute Gasteiger partial charge is 0.312 e. The Balaban J connectivity index is 1.70. The predicted octanol–water partition coefficient (Wildman–Crippen LogP) is 1.41. The summed E-state index contributed by atoms with van der Waals surface area (Å²) < 4.78 is 1.74. The maximum atomic E-state index is 4.16. The van der Waals surface area contributed by atoms with Crippen LogP contribution >= 0.6 is 0 Å². The van der Waals surface area contributed by atoms with E-state index in [0.717, 1.165) is 19.0 Å². The fourth-order valence-electron chi connectivity index (χ4n) is 2.43. The molecule has 4 heteroatoms. The van der Waals surface area contributed by atoms with Gasteiger partial charge in [0.25, 0.3) is 0 Å². The van der Waals surface area contributed by atoms with E-state index < -0.39 is 0 Å². The molecule has 0 spiro atoms. The van der Waals surface area contributed by atoms with Crippen molar-refractivity contribution in [3.63, 3.8) is 0 Å². The van der Waals surface area contributed by atoms with Crippen LogP contribution in [-0.2, 0) is 6.54 Å². The standard InChI is InChI=1S/C13H22N4/c1-3-17-11-13(9-15-17)8-14-7-12-5-4-6-16(2)10-12/h3,9,11-12,14H,1,4-8,10H2,2H3. The van der Waals surface area contributed by atoms with Crippen molar-refractivity contribution in [2.24, 2.45) is 5.92 Å². The van der Waals surface area contributed by atoms with Gasteiger partial charge in [-0.3, -0.25) is 0 Å². The summed E-state index contributed by atoms with van der Waals surface area (Å²) in [6.45, 7) is 8.15. The highest BCUT2D eigenvalue weighted by atomic mass is 15.2. The van der Waals surface area contributed by atoms with Gasteiger partial charge in [0.2, 0.25) is 0 Å². The Morgan fingerprint density at radius 3 is 3.24 bits per heavy atom. The lowest BCUT2D eigenvalue weighted by atomic mass is 9.98. The molecule has 0 amide bonds. The number of hydrogen-bond acceptors (Lipinski definition) is 3. The molecular formula is C13H22N4. The van der Waals surface area contributed by atoms with Gasteiger partial charge < -0.3 is 10.2 Å². The fourth-order valence-corrected chi connectivity index (χ4v) is 2.43. The van der Waals surface area contributed by atoms with Crippen molar-refractivity contribution in [3.05, 3.63) is 24.5 Å². The van der Waals surface area contributed by atoms with Crippen LogP contribution < -0.4 is 5.32 Å². The Kier molecular flexibility index (Phi) is 4.34. The summed E-state index contributed by atoms with van der Waals surface area (Å²) in [5.74, 6) is 0.795. The van der Waals surface area contributed by atoms with Gasteiger partial charge in [-0.05, 0) is 38.9 Å². The number of aromatic nitrogens is 2. The third-order valence-corrected chi connectivity index (χ3v) is 3.33. The number of rotatable bonds is 5. The third kappa shape index (κ3) is 3.68. The van der Waals surface area contributed by atoms with Crippen molar-refractivity contribution < 1.29 is 0 Å². The molecule has 17 heavy (non-hydrogen) atoms. The predicted molar refractivity (Wildman–Crippen MR) is 70.5 cm³/mol. The van der Waals surface area contributed by atoms with Crippen LogP contribution in [0, 0.1) is 5.92 Å². The van der Waals surface area contributed by atoms with Crippen LogP contribution in [-0.4, -0.2) is 41.4 Å². The first kappa shape index (κ1) is 12.3. The first-order chi connectivity index (χ1) is 8.28. The van der Waals surface area contributed by atoms with Crippen molar-refractivity contribution >= 4 is 6.20 Å². The van der Waals surface area contributed by atoms with Crippen molar-refractivity contribution in [1.82, 2.24) is 20.0 Å². The molecule has 1 unspecified atom stereocenters. The van der Waals surface area contributed by atoms with E-state index in [9.17, 15) is 0 Å². The lowest BCUT2D eigenvalue weighted by Gasteiger charge is -2.29. The Bertz CT molecular complexity index is 358. The average Bonchev–Trinajstić information content (AvgIpc) is 2.77. The number of nitrogens with zero attached hydrogens (tertiary/aromatic N) is 3. The molecule has 1 aromatic heterocycles. The van der Waals surface area contributed by atoms with Crippen molar-refractivity contribution in [3.8, 4) is 0 Å². The first-order valence-electron chi connectivity index (χ1n) is 6.33. The second-order valence-electron chi connectivity index (χ2n) is 4.91. The highest BCUT2D eigenvalue weighted by Gasteiger charge is 2.16. The molecule has 1 aromatic rings. The molecule has 1 fully saturated rings. The number of nitrogens with one attached hydrogen (secondary N) is 1. The Morgan fingerprint density at radius 1 is 1.65 bits per heavy atom. The van der Waals surface area contributed by atoms with Gasteiger partial charge in [0, 0.05) is 31.0 Å². The minimum absolute atomic E-state index is 0.795. The average molecular weight is 234 g/mol. The zero-order chi connectivity index (χ0) is 12.1. The van der Waals surface area contributed by atoms with Gasteiger partial charge in [-0.15, -0.1) is 0 Å². The van der Waals surface area contributed by atoms with Crippen LogP contribution in [0.2, 0.25) is 0 Å². The molecular weight excluding hydrogens is 212 g/mol. The molecule has 0 aliphatic carbocycles. The minimum atomic E-state index is 0.795. The molecule has 0 aromatic carbocycles. The van der Waals surface area contributed by atoms with Crippen LogP contribution in [0.15, 0.2) is 19.0 Å². The zero-order valence-electron chi connectivity index (χ0n) is 10.6. The molecule has 1 atom stereocenters. The molecule has 2 heterocycles. The normalized spacial score (nSPS) is 21.6. The van der Waals surface area contributed by atoms with E-state index in [1.165, 1.54) is 31.5 Å². The smallest absolute Gasteiger partial charge is 0.0538 e. The Labute approximate surface area is 103 Å². The van der Waals surface area contributed by atoms with Crippen LogP contribution in [0.3, 0.4) is 0 Å². The summed E-state index contributed by atoms with van der Waals surface area (Å²) in [6, 6.07) is 0. The minimum Gasteiger partial charge on any atom is -0.312 e. The van der Waals surface area contributed by atoms with Gasteiger partial charge in [-0.1, -0.05) is 6.58 Å². The number of likely N-dealkylation sites (tertiary alicyclic amines) is 1. The third-order valence-electron chi connectivity index (χ3n) is 3.33. The van der Waals surface area contributed by atoms with Crippen LogP contribution in [0.25, 0.3) is 6.20 Å². The van der Waals surface area contributed by atoms with Gasteiger partial charge in [-0.2, -0.15) is 5.10 Å². The molecule has 1 N–H and O–H groups in total. The second-order valence-corrected chi connectivity index (χ2v) is 4.91. The highest BCUT2D eigenvalue weighted by Crippen LogP contribution is 2.13. The van der Waals surface area contributed by atoms with Gasteiger partial charge in [0.1, 0.15) is 0 Å². The zero-order valence-corrected chi connectivity index (χ0v) is 10.6. The molecule has 4 nitrogen and oxygen atoms in total. The second kappa shape index (κ2) is 5.98. The lowest BCUT2D eigenvalue weighted by Crippen LogP contribution is -2.37. The monoisotopic (exact) mass is 234 g/mol. The molecule has 2 rings (SSSR count). The highest BCUT2D eigenvalue weighted by molar-refractivity contribution is 5.17. The maximum absolute atomic E-state index is 4.16. The van der Waals surface area contributed by atoms with Crippen molar-refractivity contribution in [1.29, 1.82) is 0 Å². The summed E-state index contributed by atoms with van der Waals surface area (Å²) >= 11 is 0. The summed E-state index contributed by atoms with van der Waals surface area (Å²) in [5, 5.41) is 7.68. The summed E-state index contributed by atoms with van der Waals surface area (Å²) in [5.41, 5.74) is 1.22. The molecule has 0 bridgehead atoms. The molecule has 1 aliphatic heterocycles. The van der Waals surface area contributed by atoms with Crippen molar-refractivity contribution in [2.45, 2.75) is 19.4 Å². The maximum Gasteiger partial charge on any atom is 0.0538 e. The van der Waals surface area contributed by atoms with Gasteiger partial charge >= 0.3 is 0 Å². The first-order valence-corrected chi connectivity index (χ1v) is 6.33. The van der Waals surface area contributed by atoms with E-state index in [1.54, 1.807) is 10.9 Å². The molecule has 94 valence electrons. The van der Waals surface area contributed by atoms with Gasteiger partial charge in [0.05, 0.1) is 6.20 Å². The summed E-state index contributed by atoms with van der Waals surface area (Å²) in [7, 11) is 2.21. The van der Waals surface area contributed by atoms with E-state index in [1.807, 2.05) is 12.4 Å². The van der Waals surface area contributed by atoms with Crippen LogP contribution in [0.1, 0.15) is 18.4 Å². The van der Waals surface area contributed by atoms with E-state index in [2.05, 4.69) is 28.9 Å². The van der Waals surface area contributed by atoms with E-state index in [-0.39, 0.29) is 0 Å². The van der Waals surface area contributed by atoms with Crippen LogP contribution in [0.4, 0.5) is 0 Å². The van der Waals surface area contributed by atoms with Crippen LogP contribution in [0.5, 0.6) is 0 Å². The molecule has 0 saturated carbocycles. The summed E-state index contributed by atoms with van der Waals surface area (Å²) in [6.07, 6.45) is 8.29. The SMILES string of the molecule is C=Cn1cc(CNCC2CCCN(C)C2)cn1. The topological polar surface area (TPSA) is 33.1 Å². The Morgan fingerprint density at radius 2 is 2.53 bits per heavy atom. The molecule has 1 aliphatic rings. The van der Waals surface area contributed by atoms with E-state index >= 15 is 0 Å². The summed E-state index contributed by atoms with van der Waals surface area (Å²) in [4.78, 5) is 2.42. The van der Waals surface area contributed by atoms with Crippen molar-refractivity contribution in [2.75, 3.05) is 26.7 Å². The van der Waals surface area contributed by atoms with E-state index in [0.29, 0.717) is 0 Å². The molecule has 1 saturated heterocycles. The van der Waals surface area contributed by atoms with Gasteiger partial charge in [0.15, 0.2) is 0 Å². The molecule has 0 radical (unpaired) electrons. The number of piperidine rings is 1. The Hall–Kier alpha value is -1.13. The quantitative estimate of drug-likeness (QED) is 0.836. The van der Waals surface area contributed by atoms with E-state index in [4.69, 9.17) is 0 Å². The lowest BCUT2D eigenvalue weighted by molar-refractivity contribution is 0.206. The number of hydrogen-bond donors (Lipinski definition) is 1.